The summed E-state index contributed by atoms with van der Waals surface area (Å²) in [6, 6.07) is 4.14. The fourth-order valence-corrected chi connectivity index (χ4v) is 1.53. The third-order valence-electron chi connectivity index (χ3n) is 2.35. The Bertz CT molecular complexity index is 248. The summed E-state index contributed by atoms with van der Waals surface area (Å²) in [6.07, 6.45) is 4.90. The number of aromatic nitrogens is 1. The van der Waals surface area contributed by atoms with E-state index in [4.69, 9.17) is 0 Å². The largest absolute Gasteiger partial charge is 0.317 e. The predicted molar refractivity (Wildman–Crippen MR) is 63.7 cm³/mol. The van der Waals surface area contributed by atoms with Crippen LogP contribution in [0.5, 0.6) is 0 Å². The minimum absolute atomic E-state index is 1.01. The molecular weight excluding hydrogens is 186 g/mol. The number of rotatable bonds is 7. The summed E-state index contributed by atoms with van der Waals surface area (Å²) in [5, 5.41) is 3.33. The monoisotopic (exact) mass is 207 g/mol. The minimum Gasteiger partial charge on any atom is -0.317 e. The van der Waals surface area contributed by atoms with Crippen molar-refractivity contribution < 1.29 is 0 Å². The molecule has 0 radical (unpaired) electrons. The van der Waals surface area contributed by atoms with Crippen LogP contribution in [0.3, 0.4) is 0 Å². The molecule has 0 fully saturated rings. The molecule has 0 amide bonds. The van der Waals surface area contributed by atoms with E-state index in [0.29, 0.717) is 0 Å². The van der Waals surface area contributed by atoms with Crippen molar-refractivity contribution in [1.82, 2.24) is 15.2 Å². The topological polar surface area (TPSA) is 28.2 Å². The highest BCUT2D eigenvalue weighted by Gasteiger charge is 1.98. The van der Waals surface area contributed by atoms with Crippen LogP contribution in [0.1, 0.15) is 18.9 Å². The summed E-state index contributed by atoms with van der Waals surface area (Å²) < 4.78 is 0. The zero-order valence-corrected chi connectivity index (χ0v) is 9.74. The van der Waals surface area contributed by atoms with Crippen LogP contribution in [0.15, 0.2) is 24.5 Å². The number of pyridine rings is 1. The van der Waals surface area contributed by atoms with E-state index in [0.717, 1.165) is 26.2 Å². The van der Waals surface area contributed by atoms with Gasteiger partial charge in [-0.3, -0.25) is 4.98 Å². The summed E-state index contributed by atoms with van der Waals surface area (Å²) >= 11 is 0. The smallest absolute Gasteiger partial charge is 0.0271 e. The Balaban J connectivity index is 2.16. The van der Waals surface area contributed by atoms with Crippen LogP contribution in [0, 0.1) is 0 Å². The second-order valence-corrected chi connectivity index (χ2v) is 3.80. The summed E-state index contributed by atoms with van der Waals surface area (Å²) in [5.74, 6) is 0. The fourth-order valence-electron chi connectivity index (χ4n) is 1.53. The third-order valence-corrected chi connectivity index (χ3v) is 2.35. The highest BCUT2D eigenvalue weighted by atomic mass is 15.1. The zero-order valence-electron chi connectivity index (χ0n) is 9.74. The first kappa shape index (κ1) is 12.1. The third kappa shape index (κ3) is 5.50. The molecule has 1 aromatic rings. The van der Waals surface area contributed by atoms with Crippen molar-refractivity contribution in [2.45, 2.75) is 19.9 Å². The summed E-state index contributed by atoms with van der Waals surface area (Å²) in [4.78, 5) is 6.35. The van der Waals surface area contributed by atoms with Crippen molar-refractivity contribution in [3.05, 3.63) is 30.1 Å². The number of nitrogens with one attached hydrogen (secondary N) is 1. The van der Waals surface area contributed by atoms with Gasteiger partial charge >= 0.3 is 0 Å². The van der Waals surface area contributed by atoms with Gasteiger partial charge in [0.1, 0.15) is 0 Å². The molecule has 0 spiro atoms. The Labute approximate surface area is 92.5 Å². The molecule has 3 nitrogen and oxygen atoms in total. The van der Waals surface area contributed by atoms with Crippen molar-refractivity contribution in [1.29, 1.82) is 0 Å². The van der Waals surface area contributed by atoms with Gasteiger partial charge in [-0.15, -0.1) is 0 Å². The Hall–Kier alpha value is -0.930. The molecule has 1 N–H and O–H groups in total. The zero-order chi connectivity index (χ0) is 10.9. The summed E-state index contributed by atoms with van der Waals surface area (Å²) in [5.41, 5.74) is 1.33. The van der Waals surface area contributed by atoms with Gasteiger partial charge in [0.25, 0.3) is 0 Å². The van der Waals surface area contributed by atoms with Gasteiger partial charge in [0.05, 0.1) is 0 Å². The number of hydrogen-bond acceptors (Lipinski definition) is 3. The maximum atomic E-state index is 4.01. The van der Waals surface area contributed by atoms with Gasteiger partial charge in [0.15, 0.2) is 0 Å². The van der Waals surface area contributed by atoms with E-state index < -0.39 is 0 Å². The van der Waals surface area contributed by atoms with E-state index in [-0.39, 0.29) is 0 Å². The van der Waals surface area contributed by atoms with Gasteiger partial charge in [-0.25, -0.2) is 0 Å². The average Bonchev–Trinajstić information content (AvgIpc) is 2.26. The molecule has 0 aliphatic heterocycles. The standard InChI is InChI=1S/C12H21N3/c1-3-13-7-4-10-15(2)11-12-5-8-14-9-6-12/h5-6,8-9,13H,3-4,7,10-11H2,1-2H3. The van der Waals surface area contributed by atoms with Gasteiger partial charge in [-0.05, 0) is 50.8 Å². The lowest BCUT2D eigenvalue weighted by Gasteiger charge is -2.16. The average molecular weight is 207 g/mol. The molecule has 0 saturated carbocycles. The maximum absolute atomic E-state index is 4.01. The first-order valence-electron chi connectivity index (χ1n) is 5.61. The van der Waals surface area contributed by atoms with Gasteiger partial charge in [0, 0.05) is 18.9 Å². The fraction of sp³-hybridized carbons (Fsp3) is 0.583. The van der Waals surface area contributed by atoms with Gasteiger partial charge in [0.2, 0.25) is 0 Å². The summed E-state index contributed by atoms with van der Waals surface area (Å²) in [6.45, 7) is 6.45. The van der Waals surface area contributed by atoms with E-state index in [1.807, 2.05) is 12.4 Å². The second-order valence-electron chi connectivity index (χ2n) is 3.80. The van der Waals surface area contributed by atoms with E-state index in [1.165, 1.54) is 12.0 Å². The van der Waals surface area contributed by atoms with Crippen molar-refractivity contribution >= 4 is 0 Å². The van der Waals surface area contributed by atoms with Crippen LogP contribution in [0.25, 0.3) is 0 Å². The predicted octanol–water partition coefficient (Wildman–Crippen LogP) is 1.51. The Morgan fingerprint density at radius 3 is 2.73 bits per heavy atom. The molecule has 0 bridgehead atoms. The number of hydrogen-bond donors (Lipinski definition) is 1. The Kier molecular flexibility index (Phi) is 5.97. The highest BCUT2D eigenvalue weighted by Crippen LogP contribution is 2.01. The highest BCUT2D eigenvalue weighted by molar-refractivity contribution is 5.09. The van der Waals surface area contributed by atoms with Gasteiger partial charge in [-0.1, -0.05) is 6.92 Å². The van der Waals surface area contributed by atoms with Crippen LogP contribution in [-0.2, 0) is 6.54 Å². The maximum Gasteiger partial charge on any atom is 0.0271 e. The lowest BCUT2D eigenvalue weighted by atomic mass is 10.2. The molecule has 0 saturated heterocycles. The molecular formula is C12H21N3. The van der Waals surface area contributed by atoms with E-state index >= 15 is 0 Å². The molecule has 1 heterocycles. The molecule has 0 unspecified atom stereocenters. The Morgan fingerprint density at radius 1 is 1.33 bits per heavy atom. The van der Waals surface area contributed by atoms with Crippen LogP contribution >= 0.6 is 0 Å². The molecule has 3 heteroatoms. The normalized spacial score (nSPS) is 10.9. The van der Waals surface area contributed by atoms with Crippen molar-refractivity contribution in [2.75, 3.05) is 26.7 Å². The van der Waals surface area contributed by atoms with E-state index in [2.05, 4.69) is 41.3 Å². The molecule has 84 valence electrons. The van der Waals surface area contributed by atoms with Gasteiger partial charge in [-0.2, -0.15) is 0 Å². The molecule has 1 rings (SSSR count). The first-order chi connectivity index (χ1) is 7.33. The molecule has 1 aromatic heterocycles. The van der Waals surface area contributed by atoms with Crippen LogP contribution in [-0.4, -0.2) is 36.6 Å². The molecule has 0 aromatic carbocycles. The molecule has 15 heavy (non-hydrogen) atoms. The van der Waals surface area contributed by atoms with Crippen molar-refractivity contribution in [3.63, 3.8) is 0 Å². The molecule has 0 aliphatic carbocycles. The van der Waals surface area contributed by atoms with E-state index in [1.54, 1.807) is 0 Å². The SMILES string of the molecule is CCNCCCN(C)Cc1ccncc1. The van der Waals surface area contributed by atoms with Crippen LogP contribution in [0.4, 0.5) is 0 Å². The van der Waals surface area contributed by atoms with Crippen molar-refractivity contribution in [3.8, 4) is 0 Å². The molecule has 0 aliphatic rings. The van der Waals surface area contributed by atoms with Crippen molar-refractivity contribution in [2.24, 2.45) is 0 Å². The molecule has 0 atom stereocenters. The second kappa shape index (κ2) is 7.37. The Morgan fingerprint density at radius 2 is 2.07 bits per heavy atom. The lowest BCUT2D eigenvalue weighted by Crippen LogP contribution is -2.23. The van der Waals surface area contributed by atoms with Gasteiger partial charge < -0.3 is 10.2 Å². The van der Waals surface area contributed by atoms with Crippen LogP contribution in [0.2, 0.25) is 0 Å². The number of nitrogens with zero attached hydrogens (tertiary/aromatic N) is 2. The first-order valence-corrected chi connectivity index (χ1v) is 5.61. The minimum atomic E-state index is 1.01. The van der Waals surface area contributed by atoms with E-state index in [9.17, 15) is 0 Å². The summed E-state index contributed by atoms with van der Waals surface area (Å²) in [7, 11) is 2.16. The lowest BCUT2D eigenvalue weighted by molar-refractivity contribution is 0.320. The van der Waals surface area contributed by atoms with Crippen LogP contribution < -0.4 is 5.32 Å². The quantitative estimate of drug-likeness (QED) is 0.687.